The maximum atomic E-state index is 13.1. The van der Waals surface area contributed by atoms with E-state index in [1.54, 1.807) is 18.2 Å². The Morgan fingerprint density at radius 1 is 0.939 bits per heavy atom. The first-order chi connectivity index (χ1) is 15.3. The number of nitrogens with two attached hydrogens (primary N) is 1. The van der Waals surface area contributed by atoms with Crippen LogP contribution in [0, 0.1) is 20.8 Å². The van der Waals surface area contributed by atoms with Crippen LogP contribution >= 0.6 is 0 Å². The maximum Gasteiger partial charge on any atom is 0.268 e. The molecule has 0 atom stereocenters. The molecule has 6 nitrogen and oxygen atoms in total. The van der Waals surface area contributed by atoms with Crippen LogP contribution in [-0.2, 0) is 15.4 Å². The summed E-state index contributed by atoms with van der Waals surface area (Å²) in [6.07, 6.45) is 0. The molecule has 0 heterocycles. The van der Waals surface area contributed by atoms with E-state index in [2.05, 4.69) is 25.5 Å². The number of carbonyl (C=O) groups excluding carboxylic acids is 1. The van der Waals surface area contributed by atoms with Crippen molar-refractivity contribution in [2.75, 3.05) is 5.73 Å². The lowest BCUT2D eigenvalue weighted by Gasteiger charge is -2.22. The molecule has 7 heteroatoms. The second-order valence-corrected chi connectivity index (χ2v) is 11.0. The average Bonchev–Trinajstić information content (AvgIpc) is 2.69. The van der Waals surface area contributed by atoms with Crippen molar-refractivity contribution in [3.8, 4) is 11.5 Å². The van der Waals surface area contributed by atoms with Crippen LogP contribution < -0.4 is 15.2 Å². The number of amides is 1. The SMILES string of the molecule is Cc1cc(C)c(Oc2cc(C(C)(C)C)ccc2C(=O)NS(=O)(=O)c2cccc(N)c2)c(C)c1. The van der Waals surface area contributed by atoms with E-state index in [0.717, 1.165) is 22.3 Å². The van der Waals surface area contributed by atoms with E-state index in [4.69, 9.17) is 10.5 Å². The molecule has 0 radical (unpaired) electrons. The minimum absolute atomic E-state index is 0.0881. The van der Waals surface area contributed by atoms with Gasteiger partial charge in [0.05, 0.1) is 10.5 Å². The number of carbonyl (C=O) groups is 1. The zero-order valence-electron chi connectivity index (χ0n) is 19.8. The molecule has 0 aliphatic heterocycles. The van der Waals surface area contributed by atoms with Crippen molar-refractivity contribution in [3.63, 3.8) is 0 Å². The average molecular weight is 467 g/mol. The van der Waals surface area contributed by atoms with Gasteiger partial charge in [-0.25, -0.2) is 13.1 Å². The van der Waals surface area contributed by atoms with Crippen LogP contribution in [0.3, 0.4) is 0 Å². The van der Waals surface area contributed by atoms with Crippen molar-refractivity contribution in [3.05, 3.63) is 82.4 Å². The van der Waals surface area contributed by atoms with E-state index in [1.165, 1.54) is 18.2 Å². The van der Waals surface area contributed by atoms with Gasteiger partial charge in [-0.2, -0.15) is 0 Å². The van der Waals surface area contributed by atoms with Gasteiger partial charge in [0.2, 0.25) is 0 Å². The van der Waals surface area contributed by atoms with Crippen molar-refractivity contribution in [1.29, 1.82) is 0 Å². The lowest BCUT2D eigenvalue weighted by atomic mass is 9.86. The topological polar surface area (TPSA) is 98.5 Å². The lowest BCUT2D eigenvalue weighted by molar-refractivity contribution is 0.0979. The van der Waals surface area contributed by atoms with E-state index >= 15 is 0 Å². The van der Waals surface area contributed by atoms with Gasteiger partial charge in [-0.05, 0) is 73.2 Å². The molecule has 0 aromatic heterocycles. The molecule has 0 fully saturated rings. The Balaban J connectivity index is 2.05. The van der Waals surface area contributed by atoms with Gasteiger partial charge in [-0.1, -0.05) is 50.6 Å². The fraction of sp³-hybridized carbons (Fsp3) is 0.269. The number of ether oxygens (including phenoxy) is 1. The number of nitrogen functional groups attached to an aromatic ring is 1. The number of rotatable bonds is 5. The summed E-state index contributed by atoms with van der Waals surface area (Å²) in [5.74, 6) is 0.146. The number of hydrogen-bond acceptors (Lipinski definition) is 5. The van der Waals surface area contributed by atoms with Gasteiger partial charge >= 0.3 is 0 Å². The number of aryl methyl sites for hydroxylation is 3. The molecule has 0 aliphatic carbocycles. The predicted octanol–water partition coefficient (Wildman–Crippen LogP) is 5.40. The molecule has 0 aliphatic rings. The molecule has 3 aromatic rings. The monoisotopic (exact) mass is 466 g/mol. The van der Waals surface area contributed by atoms with Crippen LogP contribution in [0.2, 0.25) is 0 Å². The molecule has 1 amide bonds. The standard InChI is InChI=1S/C26H30N2O4S/c1-16-12-17(2)24(18(3)13-16)32-23-14-19(26(4,5)6)10-11-22(23)25(29)28-33(30,31)21-9-7-8-20(27)15-21/h7-15H,27H2,1-6H3,(H,28,29). The van der Waals surface area contributed by atoms with Gasteiger partial charge in [0.1, 0.15) is 11.5 Å². The molecule has 3 rings (SSSR count). The van der Waals surface area contributed by atoms with Crippen LogP contribution in [0.25, 0.3) is 0 Å². The summed E-state index contributed by atoms with van der Waals surface area (Å²) < 4.78 is 33.9. The zero-order valence-corrected chi connectivity index (χ0v) is 20.6. The molecule has 33 heavy (non-hydrogen) atoms. The summed E-state index contributed by atoms with van der Waals surface area (Å²) in [5, 5.41) is 0. The van der Waals surface area contributed by atoms with Gasteiger partial charge in [-0.15, -0.1) is 0 Å². The van der Waals surface area contributed by atoms with Crippen molar-refractivity contribution >= 4 is 21.6 Å². The minimum Gasteiger partial charge on any atom is -0.456 e. The van der Waals surface area contributed by atoms with Crippen molar-refractivity contribution < 1.29 is 17.9 Å². The Bertz CT molecular complexity index is 1300. The number of nitrogens with one attached hydrogen (secondary N) is 1. The first-order valence-corrected chi connectivity index (χ1v) is 12.1. The first-order valence-electron chi connectivity index (χ1n) is 10.6. The van der Waals surface area contributed by atoms with E-state index in [0.29, 0.717) is 5.75 Å². The number of hydrogen-bond donors (Lipinski definition) is 2. The highest BCUT2D eigenvalue weighted by Gasteiger charge is 2.24. The molecule has 0 unspecified atom stereocenters. The van der Waals surface area contributed by atoms with Gasteiger partial charge in [0.25, 0.3) is 15.9 Å². The largest absolute Gasteiger partial charge is 0.456 e. The van der Waals surface area contributed by atoms with Gasteiger partial charge < -0.3 is 10.5 Å². The second kappa shape index (κ2) is 8.90. The molecule has 0 saturated carbocycles. The molecule has 0 bridgehead atoms. The summed E-state index contributed by atoms with van der Waals surface area (Å²) in [5.41, 5.74) is 9.82. The van der Waals surface area contributed by atoms with Crippen LogP contribution in [0.4, 0.5) is 5.69 Å². The predicted molar refractivity (Wildman–Crippen MR) is 131 cm³/mol. The van der Waals surface area contributed by atoms with E-state index in [-0.39, 0.29) is 27.3 Å². The van der Waals surface area contributed by atoms with E-state index in [9.17, 15) is 13.2 Å². The number of sulfonamides is 1. The third-order valence-corrected chi connectivity index (χ3v) is 6.63. The Morgan fingerprint density at radius 3 is 2.15 bits per heavy atom. The third-order valence-electron chi connectivity index (χ3n) is 5.30. The van der Waals surface area contributed by atoms with Crippen molar-refractivity contribution in [1.82, 2.24) is 4.72 Å². The van der Waals surface area contributed by atoms with Gasteiger partial charge in [0.15, 0.2) is 0 Å². The normalized spacial score (nSPS) is 11.8. The fourth-order valence-corrected chi connectivity index (χ4v) is 4.64. The highest BCUT2D eigenvalue weighted by atomic mass is 32.2. The van der Waals surface area contributed by atoms with Crippen LogP contribution in [0.1, 0.15) is 53.4 Å². The Labute approximate surface area is 195 Å². The Morgan fingerprint density at radius 2 is 1.58 bits per heavy atom. The summed E-state index contributed by atoms with van der Waals surface area (Å²) in [6, 6.07) is 15.0. The quantitative estimate of drug-likeness (QED) is 0.490. The molecule has 0 saturated heterocycles. The first kappa shape index (κ1) is 24.3. The Hall–Kier alpha value is -3.32. The number of anilines is 1. The number of benzene rings is 3. The molecule has 3 N–H and O–H groups in total. The summed E-state index contributed by atoms with van der Waals surface area (Å²) in [6.45, 7) is 12.0. The van der Waals surface area contributed by atoms with Crippen molar-refractivity contribution in [2.45, 2.75) is 51.9 Å². The summed E-state index contributed by atoms with van der Waals surface area (Å²) in [4.78, 5) is 13.0. The Kier molecular flexibility index (Phi) is 6.56. The third kappa shape index (κ3) is 5.54. The van der Waals surface area contributed by atoms with Crippen LogP contribution in [-0.4, -0.2) is 14.3 Å². The molecule has 0 spiro atoms. The summed E-state index contributed by atoms with van der Waals surface area (Å²) >= 11 is 0. The molecule has 3 aromatic carbocycles. The van der Waals surface area contributed by atoms with Crippen LogP contribution in [0.15, 0.2) is 59.5 Å². The van der Waals surface area contributed by atoms with Gasteiger partial charge in [-0.3, -0.25) is 4.79 Å². The van der Waals surface area contributed by atoms with Crippen LogP contribution in [0.5, 0.6) is 11.5 Å². The highest BCUT2D eigenvalue weighted by Crippen LogP contribution is 2.35. The molecular formula is C26H30N2O4S. The lowest BCUT2D eigenvalue weighted by Crippen LogP contribution is -2.31. The second-order valence-electron chi connectivity index (χ2n) is 9.30. The van der Waals surface area contributed by atoms with Crippen molar-refractivity contribution in [2.24, 2.45) is 0 Å². The summed E-state index contributed by atoms with van der Waals surface area (Å²) in [7, 11) is -4.12. The van der Waals surface area contributed by atoms with Gasteiger partial charge in [0, 0.05) is 5.69 Å². The highest BCUT2D eigenvalue weighted by molar-refractivity contribution is 7.90. The van der Waals surface area contributed by atoms with E-state index < -0.39 is 15.9 Å². The van der Waals surface area contributed by atoms with E-state index in [1.807, 2.05) is 39.0 Å². The maximum absolute atomic E-state index is 13.1. The minimum atomic E-state index is -4.12. The smallest absolute Gasteiger partial charge is 0.268 e. The zero-order chi connectivity index (χ0) is 24.6. The molecular weight excluding hydrogens is 436 g/mol. The molecule has 174 valence electrons. The fourth-order valence-electron chi connectivity index (χ4n) is 3.62.